The second-order valence-electron chi connectivity index (χ2n) is 4.25. The van der Waals surface area contributed by atoms with Crippen molar-refractivity contribution in [3.05, 3.63) is 29.3 Å². The highest BCUT2D eigenvalue weighted by atomic mass is 16.1. The first-order chi connectivity index (χ1) is 9.11. The molecule has 1 aliphatic rings. The molecule has 1 aromatic rings. The summed E-state index contributed by atoms with van der Waals surface area (Å²) in [7, 11) is 0. The van der Waals surface area contributed by atoms with Crippen molar-refractivity contribution in [1.82, 2.24) is 0 Å². The topological polar surface area (TPSA) is 115 Å². The molecular weight excluding hydrogens is 242 g/mol. The van der Waals surface area contributed by atoms with E-state index >= 15 is 0 Å². The Labute approximate surface area is 110 Å². The summed E-state index contributed by atoms with van der Waals surface area (Å²) in [6.45, 7) is 0. The molecule has 0 fully saturated rings. The molecule has 6 nitrogen and oxygen atoms in total. The predicted molar refractivity (Wildman–Crippen MR) is 72.3 cm³/mol. The van der Waals surface area contributed by atoms with Gasteiger partial charge >= 0.3 is 0 Å². The van der Waals surface area contributed by atoms with Crippen molar-refractivity contribution in [2.24, 2.45) is 10.8 Å². The molecule has 0 heterocycles. The van der Waals surface area contributed by atoms with Crippen molar-refractivity contribution < 1.29 is 4.79 Å². The van der Waals surface area contributed by atoms with E-state index in [1.807, 2.05) is 6.07 Å². The lowest BCUT2D eigenvalue weighted by Crippen LogP contribution is -2.22. The number of aryl methyl sites for hydroxylation is 1. The number of anilines is 1. The van der Waals surface area contributed by atoms with Crippen LogP contribution < -0.4 is 11.2 Å². The monoisotopic (exact) mass is 255 g/mol. The molecule has 0 aromatic heterocycles. The van der Waals surface area contributed by atoms with Gasteiger partial charge in [-0.05, 0) is 30.5 Å². The highest BCUT2D eigenvalue weighted by Gasteiger charge is 2.17. The first kappa shape index (κ1) is 12.8. The molecule has 0 unspecified atom stereocenters. The van der Waals surface area contributed by atoms with Gasteiger partial charge in [-0.3, -0.25) is 15.6 Å². The lowest BCUT2D eigenvalue weighted by atomic mass is 9.90. The largest absolute Gasteiger partial charge is 0.382 e. The van der Waals surface area contributed by atoms with E-state index in [1.54, 1.807) is 18.2 Å². The third kappa shape index (κ3) is 2.77. The summed E-state index contributed by atoms with van der Waals surface area (Å²) in [4.78, 5) is 11.8. The van der Waals surface area contributed by atoms with Crippen LogP contribution in [0, 0.1) is 16.7 Å². The maximum absolute atomic E-state index is 11.8. The zero-order valence-electron chi connectivity index (χ0n) is 10.2. The lowest BCUT2D eigenvalue weighted by molar-refractivity contribution is 0.0972. The third-order valence-electron chi connectivity index (χ3n) is 2.92. The number of carbonyl (C=O) groups is 1. The number of nitriles is 1. The van der Waals surface area contributed by atoms with E-state index in [4.69, 9.17) is 16.4 Å². The number of nitrogens with two attached hydrogens (primary N) is 1. The summed E-state index contributed by atoms with van der Waals surface area (Å²) in [6, 6.07) is 7.10. The molecule has 0 aliphatic heterocycles. The van der Waals surface area contributed by atoms with Gasteiger partial charge in [0.25, 0.3) is 0 Å². The number of ketones is 1. The van der Waals surface area contributed by atoms with Crippen LogP contribution in [0.15, 0.2) is 23.3 Å². The Morgan fingerprint density at radius 3 is 2.95 bits per heavy atom. The van der Waals surface area contributed by atoms with Crippen LogP contribution >= 0.6 is 0 Å². The van der Waals surface area contributed by atoms with Gasteiger partial charge < -0.3 is 5.73 Å². The van der Waals surface area contributed by atoms with Gasteiger partial charge in [0.1, 0.15) is 6.07 Å². The molecule has 0 bridgehead atoms. The summed E-state index contributed by atoms with van der Waals surface area (Å²) in [5.41, 5.74) is 9.97. The van der Waals surface area contributed by atoms with Crippen LogP contribution in [0.4, 0.5) is 5.69 Å². The summed E-state index contributed by atoms with van der Waals surface area (Å²) in [6.07, 6.45) is 2.36. The van der Waals surface area contributed by atoms with Crippen LogP contribution in [0.25, 0.3) is 0 Å². The van der Waals surface area contributed by atoms with E-state index in [2.05, 4.69) is 10.5 Å². The van der Waals surface area contributed by atoms with E-state index in [-0.39, 0.29) is 11.5 Å². The number of nitrogens with zero attached hydrogens (tertiary/aromatic N) is 2. The fourth-order valence-electron chi connectivity index (χ4n) is 1.96. The molecule has 1 aliphatic carbocycles. The molecular formula is C13H13N5O. The molecule has 0 atom stereocenters. The Morgan fingerprint density at radius 1 is 1.47 bits per heavy atom. The SMILES string of the molecule is N#C/C(=N\Nc1ccc2c(c1)C(=O)CCC2)C(=N)N. The predicted octanol–water partition coefficient (Wildman–Crippen LogP) is 1.43. The third-order valence-corrected chi connectivity index (χ3v) is 2.92. The number of hydrazone groups is 1. The van der Waals surface area contributed by atoms with Crippen LogP contribution in [0.5, 0.6) is 0 Å². The van der Waals surface area contributed by atoms with E-state index in [0.29, 0.717) is 17.7 Å². The van der Waals surface area contributed by atoms with Gasteiger partial charge in [0.2, 0.25) is 5.71 Å². The van der Waals surface area contributed by atoms with Gasteiger partial charge in [-0.2, -0.15) is 10.4 Å². The van der Waals surface area contributed by atoms with E-state index in [9.17, 15) is 4.79 Å². The van der Waals surface area contributed by atoms with Crippen molar-refractivity contribution in [3.8, 4) is 6.07 Å². The number of benzene rings is 1. The van der Waals surface area contributed by atoms with Crippen molar-refractivity contribution in [1.29, 1.82) is 10.7 Å². The maximum Gasteiger partial charge on any atom is 0.201 e. The molecule has 0 saturated carbocycles. The Morgan fingerprint density at radius 2 is 2.26 bits per heavy atom. The second-order valence-corrected chi connectivity index (χ2v) is 4.25. The average Bonchev–Trinajstić information content (AvgIpc) is 2.40. The van der Waals surface area contributed by atoms with Crippen LogP contribution in [0.2, 0.25) is 0 Å². The smallest absolute Gasteiger partial charge is 0.201 e. The standard InChI is InChI=1S/C13H13N5O/c14-7-11(13(15)16)18-17-9-5-4-8-2-1-3-12(19)10(8)6-9/h4-6,17H,1-3H2,(H3,15,16)/b18-11+. The number of hydrogen-bond donors (Lipinski definition) is 3. The first-order valence-electron chi connectivity index (χ1n) is 5.86. The van der Waals surface area contributed by atoms with E-state index < -0.39 is 5.84 Å². The first-order valence-corrected chi connectivity index (χ1v) is 5.86. The summed E-state index contributed by atoms with van der Waals surface area (Å²) in [5.74, 6) is -0.273. The number of nitrogens with one attached hydrogen (secondary N) is 2. The highest BCUT2D eigenvalue weighted by molar-refractivity contribution is 6.45. The number of rotatable bonds is 3. The molecule has 4 N–H and O–H groups in total. The number of fused-ring (bicyclic) bond motifs is 1. The van der Waals surface area contributed by atoms with Crippen molar-refractivity contribution in [2.75, 3.05) is 5.43 Å². The van der Waals surface area contributed by atoms with Gasteiger partial charge in [0.15, 0.2) is 11.6 Å². The lowest BCUT2D eigenvalue weighted by Gasteiger charge is -2.15. The second kappa shape index (κ2) is 5.31. The van der Waals surface area contributed by atoms with Gasteiger partial charge in [-0.25, -0.2) is 0 Å². The molecule has 0 saturated heterocycles. The fraction of sp³-hybridized carbons (Fsp3) is 0.231. The zero-order chi connectivity index (χ0) is 13.8. The Kier molecular flexibility index (Phi) is 3.57. The van der Waals surface area contributed by atoms with E-state index in [0.717, 1.165) is 18.4 Å². The quantitative estimate of drug-likeness (QED) is 0.430. The average molecular weight is 255 g/mol. The summed E-state index contributed by atoms with van der Waals surface area (Å²) < 4.78 is 0. The summed E-state index contributed by atoms with van der Waals surface area (Å²) in [5, 5.41) is 19.6. The Bertz CT molecular complexity index is 612. The Balaban J connectivity index is 2.24. The molecule has 6 heteroatoms. The number of Topliss-reactive ketones (excluding diaryl/α,β-unsaturated/α-hetero) is 1. The molecule has 2 rings (SSSR count). The zero-order valence-corrected chi connectivity index (χ0v) is 10.2. The molecule has 0 spiro atoms. The van der Waals surface area contributed by atoms with Gasteiger partial charge in [0, 0.05) is 12.0 Å². The Hall–Kier alpha value is -2.68. The van der Waals surface area contributed by atoms with Crippen molar-refractivity contribution >= 4 is 23.0 Å². The number of hydrogen-bond acceptors (Lipinski definition) is 5. The van der Waals surface area contributed by atoms with Crippen LogP contribution in [0.1, 0.15) is 28.8 Å². The molecule has 96 valence electrons. The van der Waals surface area contributed by atoms with Crippen LogP contribution in [0.3, 0.4) is 0 Å². The molecule has 19 heavy (non-hydrogen) atoms. The summed E-state index contributed by atoms with van der Waals surface area (Å²) >= 11 is 0. The van der Waals surface area contributed by atoms with Gasteiger partial charge in [-0.1, -0.05) is 6.07 Å². The van der Waals surface area contributed by atoms with Crippen LogP contribution in [-0.2, 0) is 6.42 Å². The maximum atomic E-state index is 11.8. The van der Waals surface area contributed by atoms with Crippen molar-refractivity contribution in [2.45, 2.75) is 19.3 Å². The molecule has 1 aromatic carbocycles. The minimum Gasteiger partial charge on any atom is -0.382 e. The van der Waals surface area contributed by atoms with Crippen molar-refractivity contribution in [3.63, 3.8) is 0 Å². The molecule has 0 radical (unpaired) electrons. The van der Waals surface area contributed by atoms with Gasteiger partial charge in [-0.15, -0.1) is 0 Å². The van der Waals surface area contributed by atoms with E-state index in [1.165, 1.54) is 0 Å². The minimum atomic E-state index is -0.399. The minimum absolute atomic E-state index is 0.126. The number of carbonyl (C=O) groups excluding carboxylic acids is 1. The highest BCUT2D eigenvalue weighted by Crippen LogP contribution is 2.24. The fourth-order valence-corrected chi connectivity index (χ4v) is 1.96. The van der Waals surface area contributed by atoms with Crippen LogP contribution in [-0.4, -0.2) is 17.3 Å². The molecule has 0 amide bonds. The normalized spacial score (nSPS) is 14.5. The number of amidine groups is 1. The van der Waals surface area contributed by atoms with Gasteiger partial charge in [0.05, 0.1) is 5.69 Å².